The average molecular weight is 389 g/mol. The Balaban J connectivity index is 1.71. The first-order valence-corrected chi connectivity index (χ1v) is 9.61. The minimum Gasteiger partial charge on any atom is -0.485 e. The molecule has 152 valence electrons. The van der Waals surface area contributed by atoms with Crippen LogP contribution >= 0.6 is 0 Å². The molecule has 0 radical (unpaired) electrons. The molecule has 28 heavy (non-hydrogen) atoms. The highest BCUT2D eigenvalue weighted by Gasteiger charge is 2.30. The van der Waals surface area contributed by atoms with Gasteiger partial charge in [-0.05, 0) is 39.8 Å². The van der Waals surface area contributed by atoms with Gasteiger partial charge in [0.1, 0.15) is 17.3 Å². The van der Waals surface area contributed by atoms with Crippen molar-refractivity contribution in [1.82, 2.24) is 4.90 Å². The Morgan fingerprint density at radius 3 is 2.50 bits per heavy atom. The Hall–Kier alpha value is -2.70. The fourth-order valence-corrected chi connectivity index (χ4v) is 3.12. The van der Waals surface area contributed by atoms with Crippen LogP contribution in [0.2, 0.25) is 0 Å². The van der Waals surface area contributed by atoms with Gasteiger partial charge in [0.05, 0.1) is 12.0 Å². The summed E-state index contributed by atoms with van der Waals surface area (Å²) in [4.78, 5) is 26.2. The van der Waals surface area contributed by atoms with E-state index in [4.69, 9.17) is 18.6 Å². The van der Waals surface area contributed by atoms with Crippen molar-refractivity contribution in [2.45, 2.75) is 52.2 Å². The van der Waals surface area contributed by atoms with Crippen LogP contribution in [0.3, 0.4) is 0 Å². The number of piperidine rings is 1. The summed E-state index contributed by atoms with van der Waals surface area (Å²) in [5.74, 6) is -0.0534. The lowest BCUT2D eigenvalue weighted by atomic mass is 10.1. The lowest BCUT2D eigenvalue weighted by molar-refractivity contribution is 0.0125. The predicted octanol–water partition coefficient (Wildman–Crippen LogP) is 4.39. The number of esters is 1. The Morgan fingerprint density at radius 1 is 1.18 bits per heavy atom. The third kappa shape index (κ3) is 4.58. The monoisotopic (exact) mass is 389 g/mol. The van der Waals surface area contributed by atoms with Crippen molar-refractivity contribution in [1.29, 1.82) is 0 Å². The second-order valence-corrected chi connectivity index (χ2v) is 7.76. The van der Waals surface area contributed by atoms with E-state index in [-0.39, 0.29) is 24.6 Å². The molecule has 0 atom stereocenters. The molecule has 0 aliphatic carbocycles. The molecule has 0 spiro atoms. The molecule has 1 saturated heterocycles. The number of benzene rings is 1. The number of hydrogen-bond acceptors (Lipinski definition) is 6. The quantitative estimate of drug-likeness (QED) is 0.722. The molecular weight excluding hydrogens is 362 g/mol. The number of carbonyl (C=O) groups excluding carboxylic acids is 2. The van der Waals surface area contributed by atoms with Crippen LogP contribution in [0.25, 0.3) is 11.0 Å². The van der Waals surface area contributed by atoms with E-state index < -0.39 is 11.6 Å². The number of hydrogen-bond donors (Lipinski definition) is 0. The number of ether oxygens (including phenoxy) is 3. The smallest absolute Gasteiger partial charge is 0.410 e. The van der Waals surface area contributed by atoms with Gasteiger partial charge in [0.2, 0.25) is 0 Å². The molecule has 1 aliphatic rings. The van der Waals surface area contributed by atoms with Gasteiger partial charge >= 0.3 is 12.1 Å². The zero-order valence-electron chi connectivity index (χ0n) is 16.8. The first-order valence-electron chi connectivity index (χ1n) is 9.61. The summed E-state index contributed by atoms with van der Waals surface area (Å²) in [6.45, 7) is 8.61. The van der Waals surface area contributed by atoms with Crippen LogP contribution in [0.1, 0.15) is 51.1 Å². The zero-order chi connectivity index (χ0) is 20.3. The fraction of sp³-hybridized carbons (Fsp3) is 0.524. The van der Waals surface area contributed by atoms with Gasteiger partial charge in [-0.25, -0.2) is 9.59 Å². The first kappa shape index (κ1) is 20.0. The predicted molar refractivity (Wildman–Crippen MR) is 104 cm³/mol. The van der Waals surface area contributed by atoms with Gasteiger partial charge in [0.25, 0.3) is 5.76 Å². The first-order chi connectivity index (χ1) is 13.3. The summed E-state index contributed by atoms with van der Waals surface area (Å²) in [6, 6.07) is 7.34. The molecule has 7 nitrogen and oxygen atoms in total. The minimum atomic E-state index is -0.542. The second kappa shape index (κ2) is 8.12. The largest absolute Gasteiger partial charge is 0.485 e. The molecule has 0 bridgehead atoms. The number of para-hydroxylation sites is 1. The van der Waals surface area contributed by atoms with E-state index in [1.807, 2.05) is 39.0 Å². The third-order valence-corrected chi connectivity index (χ3v) is 4.39. The van der Waals surface area contributed by atoms with E-state index in [9.17, 15) is 9.59 Å². The van der Waals surface area contributed by atoms with Gasteiger partial charge in [0, 0.05) is 25.9 Å². The standard InChI is InChI=1S/C21H27NO6/c1-5-25-19(23)18-17(15-8-6-7-9-16(15)27-18)26-14-10-12-22(13-11-14)20(24)28-21(2,3)4/h6-9,14H,5,10-13H2,1-4H3. The van der Waals surface area contributed by atoms with Crippen LogP contribution in [-0.4, -0.2) is 48.4 Å². The van der Waals surface area contributed by atoms with Gasteiger partial charge in [0.15, 0.2) is 5.75 Å². The van der Waals surface area contributed by atoms with E-state index in [2.05, 4.69) is 0 Å². The lowest BCUT2D eigenvalue weighted by Gasteiger charge is -2.33. The number of nitrogens with zero attached hydrogens (tertiary/aromatic N) is 1. The number of rotatable bonds is 4. The molecule has 1 amide bonds. The molecule has 1 aliphatic heterocycles. The number of fused-ring (bicyclic) bond motifs is 1. The Kier molecular flexibility index (Phi) is 5.82. The molecule has 7 heteroatoms. The van der Waals surface area contributed by atoms with Crippen molar-refractivity contribution in [3.8, 4) is 5.75 Å². The van der Waals surface area contributed by atoms with Crippen LogP contribution in [0.5, 0.6) is 5.75 Å². The number of carbonyl (C=O) groups is 2. The molecule has 3 rings (SSSR count). The van der Waals surface area contributed by atoms with Crippen LogP contribution in [0.15, 0.2) is 28.7 Å². The van der Waals surface area contributed by atoms with Crippen molar-refractivity contribution in [2.75, 3.05) is 19.7 Å². The van der Waals surface area contributed by atoms with Crippen molar-refractivity contribution >= 4 is 23.0 Å². The Morgan fingerprint density at radius 2 is 1.86 bits per heavy atom. The van der Waals surface area contributed by atoms with E-state index in [0.29, 0.717) is 37.3 Å². The number of likely N-dealkylation sites (tertiary alicyclic amines) is 1. The third-order valence-electron chi connectivity index (χ3n) is 4.39. The molecule has 2 aromatic rings. The lowest BCUT2D eigenvalue weighted by Crippen LogP contribution is -2.44. The second-order valence-electron chi connectivity index (χ2n) is 7.76. The molecule has 1 fully saturated rings. The topological polar surface area (TPSA) is 78.2 Å². The molecule has 0 unspecified atom stereocenters. The average Bonchev–Trinajstić information content (AvgIpc) is 3.00. The molecular formula is C21H27NO6. The van der Waals surface area contributed by atoms with Crippen LogP contribution < -0.4 is 4.74 Å². The summed E-state index contributed by atoms with van der Waals surface area (Å²) in [7, 11) is 0. The SMILES string of the molecule is CCOC(=O)c1oc2ccccc2c1OC1CCN(C(=O)OC(C)(C)C)CC1. The normalized spacial score (nSPS) is 15.5. The molecule has 0 N–H and O–H groups in total. The fourth-order valence-electron chi connectivity index (χ4n) is 3.12. The zero-order valence-corrected chi connectivity index (χ0v) is 16.8. The maximum Gasteiger partial charge on any atom is 0.410 e. The summed E-state index contributed by atoms with van der Waals surface area (Å²) in [5.41, 5.74) is 0.0565. The summed E-state index contributed by atoms with van der Waals surface area (Å²) in [5, 5.41) is 0.736. The van der Waals surface area contributed by atoms with E-state index in [1.165, 1.54) is 0 Å². The molecule has 1 aromatic carbocycles. The summed E-state index contributed by atoms with van der Waals surface area (Å²) in [6.07, 6.45) is 0.835. The van der Waals surface area contributed by atoms with Crippen LogP contribution in [0.4, 0.5) is 4.79 Å². The van der Waals surface area contributed by atoms with Gasteiger partial charge in [-0.2, -0.15) is 0 Å². The number of furan rings is 1. The Labute approximate surface area is 164 Å². The molecule has 2 heterocycles. The van der Waals surface area contributed by atoms with Crippen LogP contribution in [-0.2, 0) is 9.47 Å². The summed E-state index contributed by atoms with van der Waals surface area (Å²) >= 11 is 0. The van der Waals surface area contributed by atoms with E-state index >= 15 is 0 Å². The van der Waals surface area contributed by atoms with E-state index in [1.54, 1.807) is 17.9 Å². The molecule has 1 aromatic heterocycles. The van der Waals surface area contributed by atoms with Crippen molar-refractivity contribution < 1.29 is 28.2 Å². The van der Waals surface area contributed by atoms with Crippen molar-refractivity contribution in [3.63, 3.8) is 0 Å². The van der Waals surface area contributed by atoms with Crippen molar-refractivity contribution in [2.24, 2.45) is 0 Å². The highest BCUT2D eigenvalue weighted by molar-refractivity contribution is 5.98. The number of amides is 1. The maximum atomic E-state index is 12.3. The molecule has 0 saturated carbocycles. The van der Waals surface area contributed by atoms with Gasteiger partial charge in [-0.15, -0.1) is 0 Å². The summed E-state index contributed by atoms with van der Waals surface area (Å²) < 4.78 is 22.4. The van der Waals surface area contributed by atoms with Crippen molar-refractivity contribution in [3.05, 3.63) is 30.0 Å². The Bertz CT molecular complexity index is 842. The van der Waals surface area contributed by atoms with E-state index in [0.717, 1.165) is 5.39 Å². The highest BCUT2D eigenvalue weighted by atomic mass is 16.6. The van der Waals surface area contributed by atoms with Gasteiger partial charge < -0.3 is 23.5 Å². The van der Waals surface area contributed by atoms with Crippen LogP contribution in [0, 0.1) is 0 Å². The van der Waals surface area contributed by atoms with Gasteiger partial charge in [-0.1, -0.05) is 12.1 Å². The minimum absolute atomic E-state index is 0.0811. The van der Waals surface area contributed by atoms with Gasteiger partial charge in [-0.3, -0.25) is 0 Å². The highest BCUT2D eigenvalue weighted by Crippen LogP contribution is 2.35. The maximum absolute atomic E-state index is 12.3.